The Labute approximate surface area is 129 Å². The lowest BCUT2D eigenvalue weighted by Gasteiger charge is -2.37. The number of anilines is 1. The largest absolute Gasteiger partial charge is 0.370 e. The van der Waals surface area contributed by atoms with Crippen molar-refractivity contribution >= 4 is 5.69 Å². The molecule has 0 bridgehead atoms. The van der Waals surface area contributed by atoms with Gasteiger partial charge in [-0.25, -0.2) is 0 Å². The van der Waals surface area contributed by atoms with E-state index in [2.05, 4.69) is 49.2 Å². The van der Waals surface area contributed by atoms with Crippen LogP contribution in [0.3, 0.4) is 0 Å². The van der Waals surface area contributed by atoms with Crippen LogP contribution in [0.15, 0.2) is 18.2 Å². The van der Waals surface area contributed by atoms with Gasteiger partial charge in [0.15, 0.2) is 0 Å². The summed E-state index contributed by atoms with van der Waals surface area (Å²) in [4.78, 5) is 2.39. The van der Waals surface area contributed by atoms with Gasteiger partial charge in [0.05, 0.1) is 11.3 Å². The molecule has 1 aliphatic heterocycles. The quantitative estimate of drug-likeness (QED) is 0.841. The first-order valence-corrected chi connectivity index (χ1v) is 8.12. The number of nitriles is 1. The number of rotatable bonds is 5. The Bertz CT molecular complexity index is 494. The summed E-state index contributed by atoms with van der Waals surface area (Å²) in [5, 5.41) is 12.9. The van der Waals surface area contributed by atoms with Gasteiger partial charge in [-0.2, -0.15) is 5.26 Å². The van der Waals surface area contributed by atoms with Gasteiger partial charge in [0, 0.05) is 19.6 Å². The van der Waals surface area contributed by atoms with Crippen LogP contribution in [0, 0.1) is 23.2 Å². The van der Waals surface area contributed by atoms with E-state index in [1.165, 1.54) is 12.0 Å². The van der Waals surface area contributed by atoms with Crippen LogP contribution in [0.5, 0.6) is 0 Å². The van der Waals surface area contributed by atoms with E-state index in [0.717, 1.165) is 43.9 Å². The third-order valence-electron chi connectivity index (χ3n) is 4.15. The first-order chi connectivity index (χ1) is 10.1. The predicted molar refractivity (Wildman–Crippen MR) is 88.3 cm³/mol. The molecule has 2 rings (SSSR count). The molecule has 21 heavy (non-hydrogen) atoms. The summed E-state index contributed by atoms with van der Waals surface area (Å²) in [6.07, 6.45) is 2.42. The molecule has 2 atom stereocenters. The molecule has 0 amide bonds. The zero-order chi connectivity index (χ0) is 15.2. The molecule has 1 aromatic rings. The second-order valence-electron chi connectivity index (χ2n) is 6.49. The number of nitrogens with zero attached hydrogens (tertiary/aromatic N) is 2. The minimum Gasteiger partial charge on any atom is -0.370 e. The Kier molecular flexibility index (Phi) is 5.64. The van der Waals surface area contributed by atoms with Crippen LogP contribution in [0.25, 0.3) is 0 Å². The van der Waals surface area contributed by atoms with Crippen LogP contribution < -0.4 is 10.2 Å². The van der Waals surface area contributed by atoms with E-state index < -0.39 is 0 Å². The monoisotopic (exact) mass is 285 g/mol. The van der Waals surface area contributed by atoms with Crippen molar-refractivity contribution < 1.29 is 0 Å². The summed E-state index contributed by atoms with van der Waals surface area (Å²) in [7, 11) is 0. The summed E-state index contributed by atoms with van der Waals surface area (Å²) in [6, 6.07) is 8.71. The molecule has 0 saturated carbocycles. The number of nitrogens with one attached hydrogen (secondary N) is 1. The zero-order valence-electron chi connectivity index (χ0n) is 13.5. The SMILES string of the molecule is CCCNCc1ccc(N2CC(C)CC(C)C2)c(C#N)c1. The second-order valence-corrected chi connectivity index (χ2v) is 6.49. The van der Waals surface area contributed by atoms with Crippen LogP contribution in [0.1, 0.15) is 44.7 Å². The highest BCUT2D eigenvalue weighted by molar-refractivity contribution is 5.60. The van der Waals surface area contributed by atoms with Gasteiger partial charge in [-0.3, -0.25) is 0 Å². The maximum Gasteiger partial charge on any atom is 0.101 e. The van der Waals surface area contributed by atoms with Gasteiger partial charge in [0.1, 0.15) is 6.07 Å². The number of hydrogen-bond donors (Lipinski definition) is 1. The number of benzene rings is 1. The normalized spacial score (nSPS) is 22.1. The highest BCUT2D eigenvalue weighted by Crippen LogP contribution is 2.29. The van der Waals surface area contributed by atoms with E-state index >= 15 is 0 Å². The third kappa shape index (κ3) is 4.22. The maximum absolute atomic E-state index is 9.48. The van der Waals surface area contributed by atoms with Gasteiger partial charge in [-0.05, 0) is 48.9 Å². The van der Waals surface area contributed by atoms with Crippen molar-refractivity contribution in [3.05, 3.63) is 29.3 Å². The Hall–Kier alpha value is -1.53. The van der Waals surface area contributed by atoms with Gasteiger partial charge < -0.3 is 10.2 Å². The van der Waals surface area contributed by atoms with E-state index in [0.29, 0.717) is 11.8 Å². The van der Waals surface area contributed by atoms with Crippen molar-refractivity contribution in [2.75, 3.05) is 24.5 Å². The van der Waals surface area contributed by atoms with Crippen LogP contribution in [0.2, 0.25) is 0 Å². The Morgan fingerprint density at radius 3 is 2.62 bits per heavy atom. The first kappa shape index (κ1) is 15.9. The summed E-state index contributed by atoms with van der Waals surface area (Å²) in [6.45, 7) is 10.8. The van der Waals surface area contributed by atoms with Gasteiger partial charge in [-0.15, -0.1) is 0 Å². The van der Waals surface area contributed by atoms with Crippen molar-refractivity contribution in [1.82, 2.24) is 5.32 Å². The van der Waals surface area contributed by atoms with Crippen LogP contribution in [0.4, 0.5) is 5.69 Å². The average molecular weight is 285 g/mol. The van der Waals surface area contributed by atoms with Crippen molar-refractivity contribution in [2.24, 2.45) is 11.8 Å². The lowest BCUT2D eigenvalue weighted by molar-refractivity contribution is 0.357. The van der Waals surface area contributed by atoms with Gasteiger partial charge >= 0.3 is 0 Å². The molecule has 2 unspecified atom stereocenters. The van der Waals surface area contributed by atoms with Gasteiger partial charge in [-0.1, -0.05) is 26.8 Å². The molecule has 1 N–H and O–H groups in total. The molecule has 0 radical (unpaired) electrons. The molecule has 1 heterocycles. The fraction of sp³-hybridized carbons (Fsp3) is 0.611. The summed E-state index contributed by atoms with van der Waals surface area (Å²) in [5.74, 6) is 1.40. The van der Waals surface area contributed by atoms with Crippen molar-refractivity contribution in [2.45, 2.75) is 40.2 Å². The predicted octanol–water partition coefficient (Wildman–Crippen LogP) is 3.54. The molecular weight excluding hydrogens is 258 g/mol. The van der Waals surface area contributed by atoms with Crippen molar-refractivity contribution in [1.29, 1.82) is 5.26 Å². The molecule has 1 aromatic carbocycles. The molecule has 0 aliphatic carbocycles. The smallest absolute Gasteiger partial charge is 0.101 e. The van der Waals surface area contributed by atoms with Crippen LogP contribution in [-0.2, 0) is 6.54 Å². The van der Waals surface area contributed by atoms with E-state index in [-0.39, 0.29) is 0 Å². The number of hydrogen-bond acceptors (Lipinski definition) is 3. The molecule has 0 aromatic heterocycles. The Morgan fingerprint density at radius 1 is 1.29 bits per heavy atom. The maximum atomic E-state index is 9.48. The molecular formula is C18H27N3. The molecule has 1 fully saturated rings. The molecule has 3 heteroatoms. The van der Waals surface area contributed by atoms with E-state index in [1.807, 2.05) is 6.07 Å². The van der Waals surface area contributed by atoms with Gasteiger partial charge in [0.25, 0.3) is 0 Å². The summed E-state index contributed by atoms with van der Waals surface area (Å²) in [5.41, 5.74) is 3.11. The summed E-state index contributed by atoms with van der Waals surface area (Å²) >= 11 is 0. The minimum atomic E-state index is 0.700. The fourth-order valence-electron chi connectivity index (χ4n) is 3.33. The topological polar surface area (TPSA) is 39.1 Å². The molecule has 114 valence electrons. The highest BCUT2D eigenvalue weighted by Gasteiger charge is 2.23. The minimum absolute atomic E-state index is 0.700. The van der Waals surface area contributed by atoms with Crippen LogP contribution in [-0.4, -0.2) is 19.6 Å². The lowest BCUT2D eigenvalue weighted by Crippen LogP contribution is -2.39. The van der Waals surface area contributed by atoms with E-state index in [9.17, 15) is 5.26 Å². The standard InChI is InChI=1S/C18H27N3/c1-4-7-20-11-16-5-6-18(17(9-16)10-19)21-12-14(2)8-15(3)13-21/h5-6,9,14-15,20H,4,7-8,11-13H2,1-3H3. The van der Waals surface area contributed by atoms with Crippen molar-refractivity contribution in [3.63, 3.8) is 0 Å². The van der Waals surface area contributed by atoms with E-state index in [1.54, 1.807) is 0 Å². The Balaban J connectivity index is 2.14. The molecule has 1 aliphatic rings. The van der Waals surface area contributed by atoms with Crippen LogP contribution >= 0.6 is 0 Å². The molecule has 3 nitrogen and oxygen atoms in total. The third-order valence-corrected chi connectivity index (χ3v) is 4.15. The Morgan fingerprint density at radius 2 is 2.00 bits per heavy atom. The van der Waals surface area contributed by atoms with Crippen molar-refractivity contribution in [3.8, 4) is 6.07 Å². The average Bonchev–Trinajstić information content (AvgIpc) is 2.46. The molecule has 0 spiro atoms. The van der Waals surface area contributed by atoms with Gasteiger partial charge in [0.2, 0.25) is 0 Å². The van der Waals surface area contributed by atoms with E-state index in [4.69, 9.17) is 0 Å². The second kappa shape index (κ2) is 7.47. The fourth-order valence-corrected chi connectivity index (χ4v) is 3.33. The lowest BCUT2D eigenvalue weighted by atomic mass is 9.91. The number of piperidine rings is 1. The molecule has 1 saturated heterocycles. The summed E-state index contributed by atoms with van der Waals surface area (Å²) < 4.78 is 0. The first-order valence-electron chi connectivity index (χ1n) is 8.12. The highest BCUT2D eigenvalue weighted by atomic mass is 15.1. The zero-order valence-corrected chi connectivity index (χ0v) is 13.5.